The lowest BCUT2D eigenvalue weighted by Gasteiger charge is -2.20. The number of carboxylic acids is 1. The quantitative estimate of drug-likeness (QED) is 0.839. The van der Waals surface area contributed by atoms with Gasteiger partial charge in [0.2, 0.25) is 0 Å². The fourth-order valence-electron chi connectivity index (χ4n) is 2.05. The number of aromatic carboxylic acids is 1. The molecule has 1 aliphatic heterocycles. The van der Waals surface area contributed by atoms with Crippen LogP contribution in [0.5, 0.6) is 0 Å². The van der Waals surface area contributed by atoms with Crippen LogP contribution in [0.25, 0.3) is 0 Å². The second-order valence-electron chi connectivity index (χ2n) is 4.40. The van der Waals surface area contributed by atoms with E-state index in [9.17, 15) is 4.79 Å². The Hall–Kier alpha value is -1.14. The van der Waals surface area contributed by atoms with Gasteiger partial charge < -0.3 is 15.3 Å². The molecule has 1 aliphatic rings. The highest BCUT2D eigenvalue weighted by Gasteiger charge is 2.16. The number of likely N-dealkylation sites (tertiary alicyclic amines) is 1. The Labute approximate surface area is 104 Å². The summed E-state index contributed by atoms with van der Waals surface area (Å²) in [5.41, 5.74) is 0.117. The van der Waals surface area contributed by atoms with Crippen LogP contribution in [0, 0.1) is 0 Å². The average Bonchev–Trinajstić information content (AvgIpc) is 2.88. The molecule has 0 amide bonds. The zero-order valence-electron chi connectivity index (χ0n) is 9.85. The number of hydrogen-bond acceptors (Lipinski definition) is 5. The number of carbonyl (C=O) groups is 1. The highest BCUT2D eigenvalue weighted by Crippen LogP contribution is 2.17. The Morgan fingerprint density at radius 2 is 2.35 bits per heavy atom. The Balaban J connectivity index is 1.84. The minimum absolute atomic E-state index is 0.117. The second-order valence-corrected chi connectivity index (χ2v) is 5.25. The largest absolute Gasteiger partial charge is 0.476 e. The summed E-state index contributed by atoms with van der Waals surface area (Å²) in [5, 5.41) is 14.3. The van der Waals surface area contributed by atoms with Crippen molar-refractivity contribution >= 4 is 22.4 Å². The van der Waals surface area contributed by atoms with Crippen LogP contribution >= 0.6 is 11.3 Å². The van der Waals surface area contributed by atoms with Crippen molar-refractivity contribution < 1.29 is 9.90 Å². The van der Waals surface area contributed by atoms with Gasteiger partial charge in [-0.25, -0.2) is 9.78 Å². The minimum Gasteiger partial charge on any atom is -0.476 e. The first kappa shape index (κ1) is 12.3. The molecule has 94 valence electrons. The third kappa shape index (κ3) is 3.41. The standard InChI is InChI=1S/C11H17N3O2S/c1-8(6-14-4-2-3-5-14)12-11-13-9(7-17-11)10(15)16/h7-8H,2-6H2,1H3,(H,12,13)(H,15,16). The van der Waals surface area contributed by atoms with E-state index in [1.54, 1.807) is 5.38 Å². The summed E-state index contributed by atoms with van der Waals surface area (Å²) in [4.78, 5) is 17.1. The van der Waals surface area contributed by atoms with Crippen molar-refractivity contribution in [1.82, 2.24) is 9.88 Å². The lowest BCUT2D eigenvalue weighted by molar-refractivity contribution is 0.0691. The molecule has 2 N–H and O–H groups in total. The molecule has 0 saturated carbocycles. The van der Waals surface area contributed by atoms with Gasteiger partial charge in [-0.05, 0) is 32.9 Å². The molecule has 0 aromatic carbocycles. The van der Waals surface area contributed by atoms with E-state index in [0.717, 1.165) is 6.54 Å². The van der Waals surface area contributed by atoms with E-state index >= 15 is 0 Å². The predicted molar refractivity (Wildman–Crippen MR) is 67.8 cm³/mol. The number of hydrogen-bond donors (Lipinski definition) is 2. The van der Waals surface area contributed by atoms with E-state index in [0.29, 0.717) is 11.2 Å². The van der Waals surface area contributed by atoms with Crippen molar-refractivity contribution in [1.29, 1.82) is 0 Å². The van der Waals surface area contributed by atoms with Crippen LogP contribution in [-0.4, -0.2) is 46.6 Å². The molecule has 2 rings (SSSR count). The molecule has 0 spiro atoms. The first-order chi connectivity index (χ1) is 8.15. The van der Waals surface area contributed by atoms with Crippen molar-refractivity contribution in [2.75, 3.05) is 25.0 Å². The maximum atomic E-state index is 10.7. The van der Waals surface area contributed by atoms with Crippen LogP contribution in [0.3, 0.4) is 0 Å². The number of anilines is 1. The van der Waals surface area contributed by atoms with E-state index < -0.39 is 5.97 Å². The molecule has 0 radical (unpaired) electrons. The molecule has 5 nitrogen and oxygen atoms in total. The van der Waals surface area contributed by atoms with Crippen LogP contribution < -0.4 is 5.32 Å². The Morgan fingerprint density at radius 3 is 2.94 bits per heavy atom. The molecular formula is C11H17N3O2S. The molecule has 0 aliphatic carbocycles. The van der Waals surface area contributed by atoms with Crippen LogP contribution in [0.2, 0.25) is 0 Å². The van der Waals surface area contributed by atoms with E-state index in [2.05, 4.69) is 22.1 Å². The molecular weight excluding hydrogens is 238 g/mol. The summed E-state index contributed by atoms with van der Waals surface area (Å²) in [5.74, 6) is -0.971. The van der Waals surface area contributed by atoms with Gasteiger partial charge in [-0.2, -0.15) is 0 Å². The number of rotatable bonds is 5. The zero-order valence-corrected chi connectivity index (χ0v) is 10.7. The Morgan fingerprint density at radius 1 is 1.65 bits per heavy atom. The molecule has 1 unspecified atom stereocenters. The molecule has 6 heteroatoms. The van der Waals surface area contributed by atoms with Crippen molar-refractivity contribution in [3.63, 3.8) is 0 Å². The fraction of sp³-hybridized carbons (Fsp3) is 0.636. The van der Waals surface area contributed by atoms with Crippen LogP contribution in [0.4, 0.5) is 5.13 Å². The normalized spacial score (nSPS) is 18.2. The van der Waals surface area contributed by atoms with Crippen LogP contribution in [-0.2, 0) is 0 Å². The third-order valence-corrected chi connectivity index (χ3v) is 3.60. The summed E-state index contributed by atoms with van der Waals surface area (Å²) in [7, 11) is 0. The SMILES string of the molecule is CC(CN1CCCC1)Nc1nc(C(=O)O)cs1. The maximum Gasteiger partial charge on any atom is 0.355 e. The van der Waals surface area contributed by atoms with E-state index in [1.165, 1.54) is 37.3 Å². The lowest BCUT2D eigenvalue weighted by Crippen LogP contribution is -2.32. The average molecular weight is 255 g/mol. The van der Waals surface area contributed by atoms with Gasteiger partial charge in [-0.1, -0.05) is 0 Å². The maximum absolute atomic E-state index is 10.7. The number of thiazole rings is 1. The van der Waals surface area contributed by atoms with Crippen LogP contribution in [0.15, 0.2) is 5.38 Å². The Kier molecular flexibility index (Phi) is 3.96. The van der Waals surface area contributed by atoms with Gasteiger partial charge in [-0.3, -0.25) is 0 Å². The summed E-state index contributed by atoms with van der Waals surface area (Å²) >= 11 is 1.34. The molecule has 1 saturated heterocycles. The van der Waals surface area contributed by atoms with Gasteiger partial charge in [0.25, 0.3) is 0 Å². The second kappa shape index (κ2) is 5.46. The van der Waals surface area contributed by atoms with Crippen molar-refractivity contribution in [3.05, 3.63) is 11.1 Å². The number of nitrogens with zero attached hydrogens (tertiary/aromatic N) is 2. The summed E-state index contributed by atoms with van der Waals surface area (Å²) in [6.07, 6.45) is 2.57. The highest BCUT2D eigenvalue weighted by atomic mass is 32.1. The topological polar surface area (TPSA) is 65.5 Å². The smallest absolute Gasteiger partial charge is 0.355 e. The minimum atomic E-state index is -0.971. The van der Waals surface area contributed by atoms with Gasteiger partial charge in [0.15, 0.2) is 10.8 Å². The van der Waals surface area contributed by atoms with E-state index in [4.69, 9.17) is 5.11 Å². The summed E-state index contributed by atoms with van der Waals surface area (Å²) in [6, 6.07) is 0.292. The van der Waals surface area contributed by atoms with E-state index in [1.807, 2.05) is 0 Å². The van der Waals surface area contributed by atoms with Gasteiger partial charge in [0.05, 0.1) is 0 Å². The van der Waals surface area contributed by atoms with Crippen molar-refractivity contribution in [3.8, 4) is 0 Å². The van der Waals surface area contributed by atoms with Gasteiger partial charge in [0.1, 0.15) is 0 Å². The molecule has 2 heterocycles. The molecule has 1 fully saturated rings. The zero-order chi connectivity index (χ0) is 12.3. The monoisotopic (exact) mass is 255 g/mol. The molecule has 17 heavy (non-hydrogen) atoms. The van der Waals surface area contributed by atoms with Crippen LogP contribution in [0.1, 0.15) is 30.3 Å². The third-order valence-electron chi connectivity index (χ3n) is 2.82. The van der Waals surface area contributed by atoms with Gasteiger partial charge in [-0.15, -0.1) is 11.3 Å². The van der Waals surface area contributed by atoms with Crippen molar-refractivity contribution in [2.24, 2.45) is 0 Å². The summed E-state index contributed by atoms with van der Waals surface area (Å²) in [6.45, 7) is 5.43. The summed E-state index contributed by atoms with van der Waals surface area (Å²) < 4.78 is 0. The van der Waals surface area contributed by atoms with Crippen molar-refractivity contribution in [2.45, 2.75) is 25.8 Å². The molecule has 1 aromatic heterocycles. The lowest BCUT2D eigenvalue weighted by atomic mass is 10.3. The Bertz CT molecular complexity index is 388. The number of aromatic nitrogens is 1. The first-order valence-corrected chi connectivity index (χ1v) is 6.71. The highest BCUT2D eigenvalue weighted by molar-refractivity contribution is 7.13. The number of nitrogens with one attached hydrogen (secondary N) is 1. The first-order valence-electron chi connectivity index (χ1n) is 5.83. The predicted octanol–water partition coefficient (Wildman–Crippen LogP) is 1.74. The molecule has 1 atom stereocenters. The number of carboxylic acid groups (broad SMARTS) is 1. The van der Waals surface area contributed by atoms with Gasteiger partial charge in [0, 0.05) is 18.0 Å². The molecule has 1 aromatic rings. The van der Waals surface area contributed by atoms with Gasteiger partial charge >= 0.3 is 5.97 Å². The molecule has 0 bridgehead atoms. The fourth-order valence-corrected chi connectivity index (χ4v) is 2.84. The van der Waals surface area contributed by atoms with E-state index in [-0.39, 0.29) is 5.69 Å².